The molecular weight excluding hydrogens is 294 g/mol. The van der Waals surface area contributed by atoms with E-state index < -0.39 is 17.9 Å². The highest BCUT2D eigenvalue weighted by molar-refractivity contribution is 8.00. The molecule has 0 aromatic heterocycles. The normalized spacial score (nSPS) is 21.0. The molecule has 2 N–H and O–H groups in total. The van der Waals surface area contributed by atoms with Gasteiger partial charge in [0.25, 0.3) is 0 Å². The molecule has 1 aliphatic heterocycles. The van der Waals surface area contributed by atoms with Gasteiger partial charge in [-0.3, -0.25) is 9.59 Å². The predicted octanol–water partition coefficient (Wildman–Crippen LogP) is 1.00. The number of ether oxygens (including phenoxy) is 2. The molecular formula is C14H17NO5S. The predicted molar refractivity (Wildman–Crippen MR) is 77.6 cm³/mol. The van der Waals surface area contributed by atoms with E-state index in [0.717, 1.165) is 10.6 Å². The molecule has 0 saturated carbocycles. The molecule has 2 rings (SSSR count). The van der Waals surface area contributed by atoms with Crippen LogP contribution < -0.4 is 10.1 Å². The Balaban J connectivity index is 1.80. The Hall–Kier alpha value is -1.73. The summed E-state index contributed by atoms with van der Waals surface area (Å²) in [5, 5.41) is 11.7. The number of carbonyl (C=O) groups excluding carboxylic acids is 1. The topological polar surface area (TPSA) is 84.9 Å². The Kier molecular flexibility index (Phi) is 5.46. The molecule has 1 amide bonds. The molecule has 2 unspecified atom stereocenters. The number of benzene rings is 1. The molecule has 6 nitrogen and oxygen atoms in total. The van der Waals surface area contributed by atoms with Crippen molar-refractivity contribution >= 4 is 23.6 Å². The van der Waals surface area contributed by atoms with Crippen LogP contribution in [-0.2, 0) is 14.3 Å². The fourth-order valence-corrected chi connectivity index (χ4v) is 2.72. The highest BCUT2D eigenvalue weighted by Gasteiger charge is 2.34. The molecule has 1 aromatic carbocycles. The summed E-state index contributed by atoms with van der Waals surface area (Å²) < 4.78 is 10.2. The molecule has 21 heavy (non-hydrogen) atoms. The van der Waals surface area contributed by atoms with Crippen LogP contribution in [-0.4, -0.2) is 49.1 Å². The maximum atomic E-state index is 11.9. The van der Waals surface area contributed by atoms with Crippen LogP contribution in [0.2, 0.25) is 0 Å². The summed E-state index contributed by atoms with van der Waals surface area (Å²) in [6.07, 6.45) is 0. The fourth-order valence-electron chi connectivity index (χ4n) is 2.01. The summed E-state index contributed by atoms with van der Waals surface area (Å²) in [7, 11) is 1.60. The summed E-state index contributed by atoms with van der Waals surface area (Å²) in [6, 6.07) is 6.94. The van der Waals surface area contributed by atoms with Gasteiger partial charge >= 0.3 is 5.97 Å². The second-order valence-electron chi connectivity index (χ2n) is 4.62. The number of hydrogen-bond acceptors (Lipinski definition) is 5. The number of amides is 1. The largest absolute Gasteiger partial charge is 0.497 e. The van der Waals surface area contributed by atoms with Gasteiger partial charge in [-0.05, 0) is 24.3 Å². The molecule has 1 aromatic rings. The molecule has 0 bridgehead atoms. The molecule has 0 aliphatic carbocycles. The summed E-state index contributed by atoms with van der Waals surface area (Å²) in [6.45, 7) is 0.391. The van der Waals surface area contributed by atoms with E-state index in [4.69, 9.17) is 14.6 Å². The maximum absolute atomic E-state index is 11.9. The zero-order chi connectivity index (χ0) is 15.2. The number of rotatable bonds is 6. The van der Waals surface area contributed by atoms with E-state index in [1.807, 2.05) is 24.3 Å². The summed E-state index contributed by atoms with van der Waals surface area (Å²) in [5.74, 6) is -0.816. The fraction of sp³-hybridized carbons (Fsp3) is 0.429. The van der Waals surface area contributed by atoms with Crippen molar-refractivity contribution in [3.63, 3.8) is 0 Å². The highest BCUT2D eigenvalue weighted by Crippen LogP contribution is 2.21. The van der Waals surface area contributed by atoms with Gasteiger partial charge in [0.15, 0.2) is 0 Å². The van der Waals surface area contributed by atoms with Crippen LogP contribution in [0.15, 0.2) is 29.2 Å². The van der Waals surface area contributed by atoms with Gasteiger partial charge in [-0.15, -0.1) is 11.8 Å². The Morgan fingerprint density at radius 1 is 1.38 bits per heavy atom. The van der Waals surface area contributed by atoms with E-state index in [9.17, 15) is 9.59 Å². The van der Waals surface area contributed by atoms with Gasteiger partial charge < -0.3 is 19.9 Å². The minimum atomic E-state index is -0.944. The van der Waals surface area contributed by atoms with Gasteiger partial charge in [0.2, 0.25) is 5.91 Å². The van der Waals surface area contributed by atoms with Crippen LogP contribution in [0.3, 0.4) is 0 Å². The van der Waals surface area contributed by atoms with Crippen molar-refractivity contribution in [2.24, 2.45) is 5.92 Å². The third-order valence-electron chi connectivity index (χ3n) is 3.17. The van der Waals surface area contributed by atoms with Crippen LogP contribution in [0.4, 0.5) is 0 Å². The van der Waals surface area contributed by atoms with Crippen LogP contribution in [0, 0.1) is 5.92 Å². The zero-order valence-electron chi connectivity index (χ0n) is 11.6. The Bertz CT molecular complexity index is 505. The Morgan fingerprint density at radius 2 is 2.10 bits per heavy atom. The van der Waals surface area contributed by atoms with Crippen LogP contribution >= 0.6 is 11.8 Å². The van der Waals surface area contributed by atoms with Gasteiger partial charge in [0, 0.05) is 4.90 Å². The van der Waals surface area contributed by atoms with Crippen molar-refractivity contribution < 1.29 is 24.2 Å². The number of aliphatic carboxylic acids is 1. The van der Waals surface area contributed by atoms with Crippen molar-refractivity contribution in [2.75, 3.05) is 26.1 Å². The molecule has 114 valence electrons. The number of thioether (sulfide) groups is 1. The van der Waals surface area contributed by atoms with E-state index in [1.165, 1.54) is 11.8 Å². The molecule has 1 saturated heterocycles. The molecule has 1 fully saturated rings. The first kappa shape index (κ1) is 15.7. The van der Waals surface area contributed by atoms with Crippen LogP contribution in [0.1, 0.15) is 0 Å². The van der Waals surface area contributed by atoms with E-state index in [-0.39, 0.29) is 24.9 Å². The molecule has 2 atom stereocenters. The first-order valence-electron chi connectivity index (χ1n) is 6.47. The lowest BCUT2D eigenvalue weighted by Gasteiger charge is -2.15. The SMILES string of the molecule is COc1ccc(SCC(=O)NC2COCC2C(=O)O)cc1. The molecule has 1 aliphatic rings. The van der Waals surface area contributed by atoms with E-state index in [1.54, 1.807) is 7.11 Å². The second kappa shape index (κ2) is 7.33. The average Bonchev–Trinajstić information content (AvgIpc) is 2.94. The van der Waals surface area contributed by atoms with Crippen LogP contribution in [0.5, 0.6) is 5.75 Å². The quantitative estimate of drug-likeness (QED) is 0.763. The number of methoxy groups -OCH3 is 1. The second-order valence-corrected chi connectivity index (χ2v) is 5.67. The van der Waals surface area contributed by atoms with Gasteiger partial charge in [-0.1, -0.05) is 0 Å². The Morgan fingerprint density at radius 3 is 2.71 bits per heavy atom. The van der Waals surface area contributed by atoms with Crippen molar-refractivity contribution in [2.45, 2.75) is 10.9 Å². The molecule has 7 heteroatoms. The Labute approximate surface area is 126 Å². The average molecular weight is 311 g/mol. The van der Waals surface area contributed by atoms with Crippen LogP contribution in [0.25, 0.3) is 0 Å². The summed E-state index contributed by atoms with van der Waals surface area (Å²) >= 11 is 1.38. The van der Waals surface area contributed by atoms with Crippen molar-refractivity contribution in [3.05, 3.63) is 24.3 Å². The number of nitrogens with one attached hydrogen (secondary N) is 1. The smallest absolute Gasteiger partial charge is 0.311 e. The zero-order valence-corrected chi connectivity index (χ0v) is 12.4. The molecule has 1 heterocycles. The molecule has 0 radical (unpaired) electrons. The standard InChI is InChI=1S/C14H17NO5S/c1-19-9-2-4-10(5-3-9)21-8-13(16)15-12-7-20-6-11(12)14(17)18/h2-5,11-12H,6-8H2,1H3,(H,15,16)(H,17,18). The summed E-state index contributed by atoms with van der Waals surface area (Å²) in [4.78, 5) is 23.8. The van der Waals surface area contributed by atoms with E-state index in [0.29, 0.717) is 0 Å². The number of carboxylic acid groups (broad SMARTS) is 1. The highest BCUT2D eigenvalue weighted by atomic mass is 32.2. The van der Waals surface area contributed by atoms with Gasteiger partial charge in [-0.2, -0.15) is 0 Å². The lowest BCUT2D eigenvalue weighted by Crippen LogP contribution is -2.43. The lowest BCUT2D eigenvalue weighted by molar-refractivity contribution is -0.142. The van der Waals surface area contributed by atoms with E-state index in [2.05, 4.69) is 5.32 Å². The summed E-state index contributed by atoms with van der Waals surface area (Å²) in [5.41, 5.74) is 0. The minimum Gasteiger partial charge on any atom is -0.497 e. The number of hydrogen-bond donors (Lipinski definition) is 2. The first-order chi connectivity index (χ1) is 10.1. The first-order valence-corrected chi connectivity index (χ1v) is 7.45. The van der Waals surface area contributed by atoms with Crippen molar-refractivity contribution in [1.82, 2.24) is 5.32 Å². The monoisotopic (exact) mass is 311 g/mol. The van der Waals surface area contributed by atoms with Gasteiger partial charge in [0.05, 0.1) is 32.1 Å². The van der Waals surface area contributed by atoms with Crippen molar-refractivity contribution in [3.8, 4) is 5.75 Å². The van der Waals surface area contributed by atoms with E-state index >= 15 is 0 Å². The minimum absolute atomic E-state index is 0.145. The number of carbonyl (C=O) groups is 2. The van der Waals surface area contributed by atoms with Gasteiger partial charge in [-0.25, -0.2) is 0 Å². The third-order valence-corrected chi connectivity index (χ3v) is 4.19. The third kappa shape index (κ3) is 4.37. The van der Waals surface area contributed by atoms with Crippen molar-refractivity contribution in [1.29, 1.82) is 0 Å². The number of carboxylic acids is 1. The molecule has 0 spiro atoms. The maximum Gasteiger partial charge on any atom is 0.311 e. The lowest BCUT2D eigenvalue weighted by atomic mass is 10.0. The van der Waals surface area contributed by atoms with Gasteiger partial charge in [0.1, 0.15) is 11.7 Å².